The number of amides is 1. The van der Waals surface area contributed by atoms with E-state index in [0.29, 0.717) is 5.91 Å². The normalized spacial score (nSPS) is 20.8. The van der Waals surface area contributed by atoms with Crippen molar-refractivity contribution in [3.63, 3.8) is 0 Å². The third-order valence-corrected chi connectivity index (χ3v) is 6.59. The van der Waals surface area contributed by atoms with Crippen LogP contribution in [-0.2, 0) is 11.2 Å². The second-order valence-corrected chi connectivity index (χ2v) is 8.51. The van der Waals surface area contributed by atoms with E-state index >= 15 is 0 Å². The maximum absolute atomic E-state index is 13.1. The Morgan fingerprint density at radius 2 is 2.04 bits per heavy atom. The highest BCUT2D eigenvalue weighted by Crippen LogP contribution is 2.35. The molecule has 1 saturated carbocycles. The van der Waals surface area contributed by atoms with Crippen molar-refractivity contribution in [3.8, 4) is 0 Å². The number of hydrogen-bond acceptors (Lipinski definition) is 6. The average molecular weight is 386 g/mol. The predicted octanol–water partition coefficient (Wildman–Crippen LogP) is 4.48. The van der Waals surface area contributed by atoms with Crippen molar-refractivity contribution in [2.75, 3.05) is 11.9 Å². The van der Waals surface area contributed by atoms with Crippen LogP contribution in [0.4, 0.5) is 10.9 Å². The SMILES string of the molecule is CCc1nnc(Nc2cccc(C3CCCN3C(=O)C3CCCCC3)n2)s1. The highest BCUT2D eigenvalue weighted by atomic mass is 32.1. The van der Waals surface area contributed by atoms with Crippen LogP contribution in [0.25, 0.3) is 0 Å². The summed E-state index contributed by atoms with van der Waals surface area (Å²) in [6, 6.07) is 6.09. The molecule has 1 unspecified atom stereocenters. The molecule has 1 atom stereocenters. The van der Waals surface area contributed by atoms with Crippen LogP contribution in [0.15, 0.2) is 18.2 Å². The highest BCUT2D eigenvalue weighted by molar-refractivity contribution is 7.15. The van der Waals surface area contributed by atoms with Crippen molar-refractivity contribution in [2.45, 2.75) is 64.3 Å². The molecule has 0 bridgehead atoms. The molecular formula is C20H27N5OS. The van der Waals surface area contributed by atoms with Gasteiger partial charge in [0.2, 0.25) is 11.0 Å². The van der Waals surface area contributed by atoms with Gasteiger partial charge in [0.25, 0.3) is 0 Å². The van der Waals surface area contributed by atoms with Gasteiger partial charge in [-0.15, -0.1) is 10.2 Å². The van der Waals surface area contributed by atoms with Crippen LogP contribution in [0.3, 0.4) is 0 Å². The first kappa shape index (κ1) is 18.3. The number of pyridine rings is 1. The molecule has 2 aromatic rings. The molecule has 2 aromatic heterocycles. The van der Waals surface area contributed by atoms with Gasteiger partial charge in [0, 0.05) is 12.5 Å². The number of carbonyl (C=O) groups is 1. The van der Waals surface area contributed by atoms with Crippen LogP contribution in [0.5, 0.6) is 0 Å². The first-order valence-electron chi connectivity index (χ1n) is 10.1. The molecule has 1 amide bonds. The monoisotopic (exact) mass is 385 g/mol. The van der Waals surface area contributed by atoms with Gasteiger partial charge in [0.05, 0.1) is 11.7 Å². The first-order valence-corrected chi connectivity index (χ1v) is 10.9. The Morgan fingerprint density at radius 3 is 2.81 bits per heavy atom. The fourth-order valence-electron chi connectivity index (χ4n) is 4.19. The van der Waals surface area contributed by atoms with E-state index < -0.39 is 0 Å². The molecule has 1 aliphatic heterocycles. The Balaban J connectivity index is 1.49. The van der Waals surface area contributed by atoms with Crippen LogP contribution >= 0.6 is 11.3 Å². The fraction of sp³-hybridized carbons (Fsp3) is 0.600. The molecule has 2 aliphatic rings. The standard InChI is InChI=1S/C20H27N5OS/c1-2-18-23-24-20(27-18)22-17-12-6-10-15(21-17)16-11-7-13-25(16)19(26)14-8-4-3-5-9-14/h6,10,12,14,16H,2-5,7-9,11,13H2,1H3,(H,21,22,24). The number of nitrogens with zero attached hydrogens (tertiary/aromatic N) is 4. The van der Waals surface area contributed by atoms with Crippen molar-refractivity contribution in [2.24, 2.45) is 5.92 Å². The lowest BCUT2D eigenvalue weighted by molar-refractivity contribution is -0.137. The fourth-order valence-corrected chi connectivity index (χ4v) is 4.87. The average Bonchev–Trinajstić information content (AvgIpc) is 3.38. The molecule has 2 fully saturated rings. The van der Waals surface area contributed by atoms with E-state index in [1.165, 1.54) is 19.3 Å². The summed E-state index contributed by atoms with van der Waals surface area (Å²) in [6.07, 6.45) is 8.68. The van der Waals surface area contributed by atoms with Crippen molar-refractivity contribution in [1.29, 1.82) is 0 Å². The molecule has 1 N–H and O–H groups in total. The topological polar surface area (TPSA) is 71.0 Å². The van der Waals surface area contributed by atoms with Crippen molar-refractivity contribution in [1.82, 2.24) is 20.1 Å². The van der Waals surface area contributed by atoms with Crippen LogP contribution in [-0.4, -0.2) is 32.5 Å². The van der Waals surface area contributed by atoms with Gasteiger partial charge in [-0.1, -0.05) is 43.6 Å². The molecule has 0 radical (unpaired) electrons. The lowest BCUT2D eigenvalue weighted by Crippen LogP contribution is -2.36. The number of rotatable bonds is 5. The van der Waals surface area contributed by atoms with Crippen LogP contribution in [0.1, 0.15) is 68.6 Å². The zero-order valence-electron chi connectivity index (χ0n) is 15.9. The number of hydrogen-bond donors (Lipinski definition) is 1. The Bertz CT molecular complexity index is 786. The number of likely N-dealkylation sites (tertiary alicyclic amines) is 1. The third kappa shape index (κ3) is 4.13. The summed E-state index contributed by atoms with van der Waals surface area (Å²) in [5, 5.41) is 13.3. The Kier molecular flexibility index (Phi) is 5.66. The number of aryl methyl sites for hydroxylation is 1. The molecule has 0 aromatic carbocycles. The quantitative estimate of drug-likeness (QED) is 0.821. The summed E-state index contributed by atoms with van der Waals surface area (Å²) in [5.41, 5.74) is 0.974. The molecule has 27 heavy (non-hydrogen) atoms. The van der Waals surface area contributed by atoms with Crippen molar-refractivity contribution >= 4 is 28.2 Å². The Labute approximate surface area is 164 Å². The molecule has 1 aliphatic carbocycles. The van der Waals surface area contributed by atoms with E-state index in [1.807, 2.05) is 18.2 Å². The zero-order valence-corrected chi connectivity index (χ0v) is 16.7. The maximum Gasteiger partial charge on any atom is 0.226 e. The first-order chi connectivity index (χ1) is 13.2. The molecule has 3 heterocycles. The summed E-state index contributed by atoms with van der Waals surface area (Å²) >= 11 is 1.55. The zero-order chi connectivity index (χ0) is 18.6. The third-order valence-electron chi connectivity index (χ3n) is 5.61. The number of aromatic nitrogens is 3. The molecule has 1 saturated heterocycles. The van der Waals surface area contributed by atoms with Crippen LogP contribution < -0.4 is 5.32 Å². The van der Waals surface area contributed by atoms with Gasteiger partial charge >= 0.3 is 0 Å². The second-order valence-electron chi connectivity index (χ2n) is 7.45. The summed E-state index contributed by atoms with van der Waals surface area (Å²) < 4.78 is 0. The number of nitrogens with one attached hydrogen (secondary N) is 1. The van der Waals surface area contributed by atoms with Crippen LogP contribution in [0, 0.1) is 5.92 Å². The summed E-state index contributed by atoms with van der Waals surface area (Å²) in [4.78, 5) is 19.9. The van der Waals surface area contributed by atoms with Crippen molar-refractivity contribution < 1.29 is 4.79 Å². The van der Waals surface area contributed by atoms with E-state index in [4.69, 9.17) is 4.98 Å². The minimum Gasteiger partial charge on any atom is -0.334 e. The number of anilines is 2. The Morgan fingerprint density at radius 1 is 1.19 bits per heavy atom. The van der Waals surface area contributed by atoms with Gasteiger partial charge in [-0.05, 0) is 44.2 Å². The Hall–Kier alpha value is -2.02. The lowest BCUT2D eigenvalue weighted by atomic mass is 9.88. The number of carbonyl (C=O) groups excluding carboxylic acids is 1. The molecular weight excluding hydrogens is 358 g/mol. The van der Waals surface area contributed by atoms with Gasteiger partial charge in [0.1, 0.15) is 10.8 Å². The molecule has 7 heteroatoms. The molecule has 144 valence electrons. The predicted molar refractivity (Wildman–Crippen MR) is 107 cm³/mol. The van der Waals surface area contributed by atoms with Crippen LogP contribution in [0.2, 0.25) is 0 Å². The van der Waals surface area contributed by atoms with Gasteiger partial charge in [0.15, 0.2) is 0 Å². The van der Waals surface area contributed by atoms with E-state index in [1.54, 1.807) is 11.3 Å². The molecule has 6 nitrogen and oxygen atoms in total. The van der Waals surface area contributed by atoms with Gasteiger partial charge in [-0.2, -0.15) is 0 Å². The van der Waals surface area contributed by atoms with Gasteiger partial charge in [-0.25, -0.2) is 4.98 Å². The summed E-state index contributed by atoms with van der Waals surface area (Å²) in [7, 11) is 0. The second kappa shape index (κ2) is 8.33. The van der Waals surface area contributed by atoms with E-state index in [-0.39, 0.29) is 12.0 Å². The van der Waals surface area contributed by atoms with E-state index in [2.05, 4.69) is 27.3 Å². The van der Waals surface area contributed by atoms with E-state index in [9.17, 15) is 4.79 Å². The van der Waals surface area contributed by atoms with E-state index in [0.717, 1.165) is 60.3 Å². The minimum atomic E-state index is 0.0989. The smallest absolute Gasteiger partial charge is 0.226 e. The maximum atomic E-state index is 13.1. The van der Waals surface area contributed by atoms with Gasteiger partial charge < -0.3 is 10.2 Å². The van der Waals surface area contributed by atoms with Gasteiger partial charge in [-0.3, -0.25) is 4.79 Å². The highest BCUT2D eigenvalue weighted by Gasteiger charge is 2.35. The molecule has 4 rings (SSSR count). The summed E-state index contributed by atoms with van der Waals surface area (Å²) in [6.45, 7) is 2.93. The lowest BCUT2D eigenvalue weighted by Gasteiger charge is -2.30. The summed E-state index contributed by atoms with van der Waals surface area (Å²) in [5.74, 6) is 1.33. The van der Waals surface area contributed by atoms with Crippen molar-refractivity contribution in [3.05, 3.63) is 28.9 Å². The largest absolute Gasteiger partial charge is 0.334 e. The minimum absolute atomic E-state index is 0.0989. The molecule has 0 spiro atoms.